The number of thiophene rings is 1. The number of carbonyl (C=O) groups excluding carboxylic acids is 2. The van der Waals surface area contributed by atoms with Crippen molar-refractivity contribution >= 4 is 39.1 Å². The fourth-order valence-corrected chi connectivity index (χ4v) is 2.55. The zero-order valence-electron chi connectivity index (χ0n) is 7.83. The Morgan fingerprint density at radius 3 is 3.00 bits per heavy atom. The third-order valence-electron chi connectivity index (χ3n) is 2.14. The van der Waals surface area contributed by atoms with Crippen LogP contribution in [-0.4, -0.2) is 36.3 Å². The molecule has 1 aromatic rings. The van der Waals surface area contributed by atoms with Crippen LogP contribution in [0, 0.1) is 0 Å². The Balaban J connectivity index is 2.10. The maximum atomic E-state index is 11.9. The largest absolute Gasteiger partial charge is 0.353 e. The van der Waals surface area contributed by atoms with Gasteiger partial charge in [0.25, 0.3) is 5.91 Å². The number of rotatable bonds is 1. The van der Waals surface area contributed by atoms with E-state index in [2.05, 4.69) is 21.2 Å². The molecule has 1 aliphatic heterocycles. The maximum Gasteiger partial charge on any atom is 0.255 e. The van der Waals surface area contributed by atoms with Crippen molar-refractivity contribution in [3.8, 4) is 0 Å². The first-order valence-corrected chi connectivity index (χ1v) is 6.14. The number of carbonyl (C=O) groups is 2. The molecular weight excluding hydrogens is 280 g/mol. The zero-order valence-corrected chi connectivity index (χ0v) is 10.2. The SMILES string of the molecule is O=C1CN(C(=O)c2csc(Br)c2)CCN1. The van der Waals surface area contributed by atoms with Crippen LogP contribution in [0.1, 0.15) is 10.4 Å². The Kier molecular flexibility index (Phi) is 3.06. The molecular formula is C9H9BrN2O2S. The van der Waals surface area contributed by atoms with Crippen molar-refractivity contribution in [2.24, 2.45) is 0 Å². The maximum absolute atomic E-state index is 11.9. The van der Waals surface area contributed by atoms with Crippen molar-refractivity contribution in [1.82, 2.24) is 10.2 Å². The zero-order chi connectivity index (χ0) is 10.8. The Labute approximate surface area is 99.4 Å². The molecule has 6 heteroatoms. The molecule has 80 valence electrons. The van der Waals surface area contributed by atoms with E-state index in [-0.39, 0.29) is 18.4 Å². The predicted molar refractivity (Wildman–Crippen MR) is 60.9 cm³/mol. The molecule has 1 N–H and O–H groups in total. The number of halogens is 1. The van der Waals surface area contributed by atoms with E-state index in [9.17, 15) is 9.59 Å². The van der Waals surface area contributed by atoms with Crippen molar-refractivity contribution < 1.29 is 9.59 Å². The smallest absolute Gasteiger partial charge is 0.255 e. The lowest BCUT2D eigenvalue weighted by Crippen LogP contribution is -2.49. The molecule has 0 aromatic carbocycles. The molecule has 1 fully saturated rings. The lowest BCUT2D eigenvalue weighted by molar-refractivity contribution is -0.123. The molecule has 1 saturated heterocycles. The lowest BCUT2D eigenvalue weighted by atomic mass is 10.2. The molecule has 0 spiro atoms. The highest BCUT2D eigenvalue weighted by Crippen LogP contribution is 2.21. The molecule has 0 atom stereocenters. The van der Waals surface area contributed by atoms with Gasteiger partial charge in [-0.25, -0.2) is 0 Å². The highest BCUT2D eigenvalue weighted by atomic mass is 79.9. The molecule has 0 radical (unpaired) electrons. The summed E-state index contributed by atoms with van der Waals surface area (Å²) in [6.45, 7) is 1.28. The molecule has 2 heterocycles. The molecule has 0 saturated carbocycles. The monoisotopic (exact) mass is 288 g/mol. The van der Waals surface area contributed by atoms with Gasteiger partial charge in [0.2, 0.25) is 5.91 Å². The fraction of sp³-hybridized carbons (Fsp3) is 0.333. The van der Waals surface area contributed by atoms with Gasteiger partial charge < -0.3 is 10.2 Å². The van der Waals surface area contributed by atoms with Gasteiger partial charge in [-0.1, -0.05) is 0 Å². The number of nitrogens with one attached hydrogen (secondary N) is 1. The highest BCUT2D eigenvalue weighted by molar-refractivity contribution is 9.11. The lowest BCUT2D eigenvalue weighted by Gasteiger charge is -2.26. The number of piperazine rings is 1. The average Bonchev–Trinajstić information content (AvgIpc) is 2.64. The van der Waals surface area contributed by atoms with Gasteiger partial charge in [-0.05, 0) is 22.0 Å². The minimum absolute atomic E-state index is 0.0770. The second kappa shape index (κ2) is 4.32. The van der Waals surface area contributed by atoms with Gasteiger partial charge in [0, 0.05) is 18.5 Å². The summed E-state index contributed by atoms with van der Waals surface area (Å²) in [5.74, 6) is -0.171. The summed E-state index contributed by atoms with van der Waals surface area (Å²) >= 11 is 4.77. The summed E-state index contributed by atoms with van der Waals surface area (Å²) in [7, 11) is 0. The second-order valence-corrected chi connectivity index (χ2v) is 5.51. The normalized spacial score (nSPS) is 16.3. The van der Waals surface area contributed by atoms with Gasteiger partial charge in [-0.15, -0.1) is 11.3 Å². The van der Waals surface area contributed by atoms with Crippen LogP contribution in [0.15, 0.2) is 15.2 Å². The minimum Gasteiger partial charge on any atom is -0.353 e. The van der Waals surface area contributed by atoms with E-state index < -0.39 is 0 Å². The Morgan fingerprint density at radius 1 is 1.60 bits per heavy atom. The van der Waals surface area contributed by atoms with E-state index in [1.54, 1.807) is 16.3 Å². The number of hydrogen-bond donors (Lipinski definition) is 1. The van der Waals surface area contributed by atoms with Crippen LogP contribution in [0.3, 0.4) is 0 Å². The van der Waals surface area contributed by atoms with Gasteiger partial charge in [0.15, 0.2) is 0 Å². The van der Waals surface area contributed by atoms with Gasteiger partial charge >= 0.3 is 0 Å². The first kappa shape index (κ1) is 10.6. The van der Waals surface area contributed by atoms with Crippen molar-refractivity contribution in [3.63, 3.8) is 0 Å². The van der Waals surface area contributed by atoms with Gasteiger partial charge in [0.05, 0.1) is 15.9 Å². The molecule has 0 aliphatic carbocycles. The van der Waals surface area contributed by atoms with Crippen LogP contribution < -0.4 is 5.32 Å². The minimum atomic E-state index is -0.0936. The molecule has 0 unspecified atom stereocenters. The molecule has 2 amide bonds. The quantitative estimate of drug-likeness (QED) is 0.841. The number of hydrogen-bond acceptors (Lipinski definition) is 3. The Hall–Kier alpha value is -0.880. The van der Waals surface area contributed by atoms with E-state index in [0.29, 0.717) is 18.7 Å². The van der Waals surface area contributed by atoms with Gasteiger partial charge in [-0.2, -0.15) is 0 Å². The first-order chi connectivity index (χ1) is 7.16. The summed E-state index contributed by atoms with van der Waals surface area (Å²) in [6.07, 6.45) is 0. The van der Waals surface area contributed by atoms with Crippen LogP contribution in [0.5, 0.6) is 0 Å². The molecule has 4 nitrogen and oxygen atoms in total. The standard InChI is InChI=1S/C9H9BrN2O2S/c10-7-3-6(5-15-7)9(14)12-2-1-11-8(13)4-12/h3,5H,1-2,4H2,(H,11,13). The topological polar surface area (TPSA) is 49.4 Å². The number of amides is 2. The summed E-state index contributed by atoms with van der Waals surface area (Å²) < 4.78 is 0.923. The molecule has 1 aromatic heterocycles. The Morgan fingerprint density at radius 2 is 2.40 bits per heavy atom. The van der Waals surface area contributed by atoms with Crippen LogP contribution in [-0.2, 0) is 4.79 Å². The van der Waals surface area contributed by atoms with Crippen LogP contribution >= 0.6 is 27.3 Å². The van der Waals surface area contributed by atoms with E-state index in [4.69, 9.17) is 0 Å². The predicted octanol–water partition coefficient (Wildman–Crippen LogP) is 1.08. The van der Waals surface area contributed by atoms with Crippen molar-refractivity contribution in [3.05, 3.63) is 20.8 Å². The van der Waals surface area contributed by atoms with Crippen LogP contribution in [0.25, 0.3) is 0 Å². The summed E-state index contributed by atoms with van der Waals surface area (Å²) in [6, 6.07) is 1.78. The average molecular weight is 289 g/mol. The summed E-state index contributed by atoms with van der Waals surface area (Å²) in [5, 5.41) is 4.47. The van der Waals surface area contributed by atoms with Crippen molar-refractivity contribution in [2.75, 3.05) is 19.6 Å². The van der Waals surface area contributed by atoms with Gasteiger partial charge in [-0.3, -0.25) is 9.59 Å². The van der Waals surface area contributed by atoms with E-state index >= 15 is 0 Å². The second-order valence-electron chi connectivity index (χ2n) is 3.22. The highest BCUT2D eigenvalue weighted by Gasteiger charge is 2.22. The third kappa shape index (κ3) is 2.38. The summed E-state index contributed by atoms with van der Waals surface area (Å²) in [5.41, 5.74) is 0.640. The first-order valence-electron chi connectivity index (χ1n) is 4.47. The Bertz CT molecular complexity index is 405. The molecule has 0 bridgehead atoms. The fourth-order valence-electron chi connectivity index (χ4n) is 1.42. The van der Waals surface area contributed by atoms with E-state index in [0.717, 1.165) is 3.79 Å². The van der Waals surface area contributed by atoms with Gasteiger partial charge in [0.1, 0.15) is 0 Å². The number of nitrogens with zero attached hydrogens (tertiary/aromatic N) is 1. The molecule has 1 aliphatic rings. The van der Waals surface area contributed by atoms with Crippen molar-refractivity contribution in [1.29, 1.82) is 0 Å². The molecule has 2 rings (SSSR count). The van der Waals surface area contributed by atoms with E-state index in [1.165, 1.54) is 11.3 Å². The van der Waals surface area contributed by atoms with Crippen molar-refractivity contribution in [2.45, 2.75) is 0 Å². The van der Waals surface area contributed by atoms with Crippen LogP contribution in [0.2, 0.25) is 0 Å². The van der Waals surface area contributed by atoms with E-state index in [1.807, 2.05) is 0 Å². The van der Waals surface area contributed by atoms with Crippen LogP contribution in [0.4, 0.5) is 0 Å². The summed E-state index contributed by atoms with van der Waals surface area (Å²) in [4.78, 5) is 24.6. The molecule has 15 heavy (non-hydrogen) atoms. The third-order valence-corrected chi connectivity index (χ3v) is 3.64.